The number of hydrogen-bond donors (Lipinski definition) is 2. The number of carbonyl (C=O) groups excluding carboxylic acids is 1. The van der Waals surface area contributed by atoms with Gasteiger partial charge in [-0.15, -0.1) is 0 Å². The normalized spacial score (nSPS) is 12.3. The van der Waals surface area contributed by atoms with Crippen LogP contribution in [0.5, 0.6) is 5.75 Å². The van der Waals surface area contributed by atoms with Crippen molar-refractivity contribution in [1.29, 1.82) is 0 Å². The maximum atomic E-state index is 14.9. The molecular weight excluding hydrogens is 404 g/mol. The molecular formula is C21H18ClF2NO4. The minimum Gasteiger partial charge on any atom is -0.503 e. The molecule has 0 aliphatic rings. The summed E-state index contributed by atoms with van der Waals surface area (Å²) in [5.74, 6) is -6.71. The molecule has 1 atom stereocenters. The molecule has 29 heavy (non-hydrogen) atoms. The van der Waals surface area contributed by atoms with Crippen LogP contribution in [0.3, 0.4) is 0 Å². The SMILES string of the molecule is CCC[C@H](C(=O)O)c1c(C)n(C(=O)c2cccc(Cl)c2)c2cc(F)c(O)c(F)c12. The number of aromatic nitrogens is 1. The van der Waals surface area contributed by atoms with Gasteiger partial charge in [0.05, 0.1) is 11.4 Å². The number of carbonyl (C=O) groups is 2. The minimum atomic E-state index is -1.29. The monoisotopic (exact) mass is 421 g/mol. The molecule has 0 amide bonds. The lowest BCUT2D eigenvalue weighted by Gasteiger charge is -2.13. The summed E-state index contributed by atoms with van der Waals surface area (Å²) in [6.07, 6.45) is 0.665. The number of carboxylic acid groups (broad SMARTS) is 1. The predicted octanol–water partition coefficient (Wildman–Crippen LogP) is 5.24. The molecule has 2 N–H and O–H groups in total. The van der Waals surface area contributed by atoms with Crippen LogP contribution in [-0.4, -0.2) is 26.7 Å². The van der Waals surface area contributed by atoms with Crippen molar-refractivity contribution in [2.24, 2.45) is 0 Å². The van der Waals surface area contributed by atoms with Gasteiger partial charge in [0.15, 0.2) is 17.4 Å². The Bertz CT molecular complexity index is 1140. The Labute approximate surface area is 170 Å². The molecule has 0 aliphatic heterocycles. The van der Waals surface area contributed by atoms with Crippen molar-refractivity contribution in [3.8, 4) is 5.75 Å². The first-order valence-electron chi connectivity index (χ1n) is 8.93. The van der Waals surface area contributed by atoms with Crippen LogP contribution in [0.1, 0.15) is 47.3 Å². The van der Waals surface area contributed by atoms with E-state index in [0.717, 1.165) is 10.6 Å². The van der Waals surface area contributed by atoms with Gasteiger partial charge in [-0.25, -0.2) is 8.78 Å². The number of carboxylic acids is 1. The topological polar surface area (TPSA) is 79.5 Å². The summed E-state index contributed by atoms with van der Waals surface area (Å²) in [4.78, 5) is 25.0. The molecule has 0 saturated heterocycles. The van der Waals surface area contributed by atoms with Crippen LogP contribution < -0.4 is 0 Å². The molecule has 152 valence electrons. The summed E-state index contributed by atoms with van der Waals surface area (Å²) in [5.41, 5.74) is 0.213. The van der Waals surface area contributed by atoms with Crippen LogP contribution >= 0.6 is 11.6 Å². The quantitative estimate of drug-likeness (QED) is 0.590. The third kappa shape index (κ3) is 3.46. The summed E-state index contributed by atoms with van der Waals surface area (Å²) in [6.45, 7) is 3.24. The van der Waals surface area contributed by atoms with Crippen molar-refractivity contribution in [3.05, 3.63) is 63.8 Å². The number of benzene rings is 2. The number of halogens is 3. The zero-order valence-electron chi connectivity index (χ0n) is 15.7. The van der Waals surface area contributed by atoms with Gasteiger partial charge >= 0.3 is 5.97 Å². The van der Waals surface area contributed by atoms with Gasteiger partial charge in [-0.1, -0.05) is 31.0 Å². The van der Waals surface area contributed by atoms with Gasteiger partial charge in [0.25, 0.3) is 5.91 Å². The number of aliphatic carboxylic acids is 1. The first-order valence-corrected chi connectivity index (χ1v) is 9.31. The molecule has 3 aromatic rings. The standard InChI is InChI=1S/C21H18ClF2NO4/c1-3-5-13(21(28)29)16-10(2)25(20(27)11-6-4-7-12(22)8-11)15-9-14(23)19(26)18(24)17(15)16/h4,6-9,13,26H,3,5H2,1-2H3,(H,28,29)/t13-/m0/s1. The maximum Gasteiger partial charge on any atom is 0.311 e. The lowest BCUT2D eigenvalue weighted by molar-refractivity contribution is -0.139. The van der Waals surface area contributed by atoms with Crippen LogP contribution in [0.4, 0.5) is 8.78 Å². The van der Waals surface area contributed by atoms with Gasteiger partial charge in [-0.2, -0.15) is 0 Å². The van der Waals surface area contributed by atoms with E-state index in [-0.39, 0.29) is 34.1 Å². The smallest absolute Gasteiger partial charge is 0.311 e. The highest BCUT2D eigenvalue weighted by Gasteiger charge is 2.32. The summed E-state index contributed by atoms with van der Waals surface area (Å²) in [5, 5.41) is 19.5. The number of rotatable bonds is 5. The molecule has 0 radical (unpaired) electrons. The predicted molar refractivity (Wildman–Crippen MR) is 105 cm³/mol. The highest BCUT2D eigenvalue weighted by molar-refractivity contribution is 6.31. The Morgan fingerprint density at radius 1 is 1.24 bits per heavy atom. The van der Waals surface area contributed by atoms with Crippen molar-refractivity contribution in [3.63, 3.8) is 0 Å². The molecule has 5 nitrogen and oxygen atoms in total. The van der Waals surface area contributed by atoms with Crippen LogP contribution in [0.25, 0.3) is 10.9 Å². The molecule has 1 aromatic heterocycles. The second-order valence-electron chi connectivity index (χ2n) is 6.74. The maximum absolute atomic E-state index is 14.9. The van der Waals surface area contributed by atoms with E-state index in [1.54, 1.807) is 19.1 Å². The van der Waals surface area contributed by atoms with E-state index in [1.807, 2.05) is 0 Å². The van der Waals surface area contributed by atoms with E-state index in [4.69, 9.17) is 11.6 Å². The van der Waals surface area contributed by atoms with Crippen molar-refractivity contribution < 1.29 is 28.6 Å². The van der Waals surface area contributed by atoms with Gasteiger partial charge in [0.1, 0.15) is 0 Å². The third-order valence-corrected chi connectivity index (χ3v) is 5.14. The summed E-state index contributed by atoms with van der Waals surface area (Å²) in [7, 11) is 0. The fraction of sp³-hybridized carbons (Fsp3) is 0.238. The largest absolute Gasteiger partial charge is 0.503 e. The van der Waals surface area contributed by atoms with E-state index in [1.165, 1.54) is 19.1 Å². The van der Waals surface area contributed by atoms with Crippen molar-refractivity contribution >= 4 is 34.4 Å². The van der Waals surface area contributed by atoms with Gasteiger partial charge < -0.3 is 10.2 Å². The molecule has 0 spiro atoms. The Morgan fingerprint density at radius 3 is 2.52 bits per heavy atom. The Balaban J connectivity index is 2.41. The summed E-state index contributed by atoms with van der Waals surface area (Å²) >= 11 is 5.95. The minimum absolute atomic E-state index is 0.0394. The zero-order chi connectivity index (χ0) is 21.5. The third-order valence-electron chi connectivity index (χ3n) is 4.91. The fourth-order valence-corrected chi connectivity index (χ4v) is 3.82. The molecule has 1 heterocycles. The van der Waals surface area contributed by atoms with Crippen molar-refractivity contribution in [1.82, 2.24) is 4.57 Å². The molecule has 0 bridgehead atoms. The number of aromatic hydroxyl groups is 1. The highest BCUT2D eigenvalue weighted by Crippen LogP contribution is 2.40. The molecule has 0 aliphatic carbocycles. The van der Waals surface area contributed by atoms with Crippen LogP contribution in [-0.2, 0) is 4.79 Å². The summed E-state index contributed by atoms with van der Waals surface area (Å²) in [6, 6.07) is 6.86. The van der Waals surface area contributed by atoms with Gasteiger partial charge in [0, 0.05) is 27.7 Å². The molecule has 0 unspecified atom stereocenters. The lowest BCUT2D eigenvalue weighted by Crippen LogP contribution is -2.16. The zero-order valence-corrected chi connectivity index (χ0v) is 16.4. The second kappa shape index (κ2) is 7.83. The number of nitrogens with zero attached hydrogens (tertiary/aromatic N) is 1. The molecule has 0 saturated carbocycles. The van der Waals surface area contributed by atoms with E-state index >= 15 is 0 Å². The van der Waals surface area contributed by atoms with E-state index < -0.39 is 35.2 Å². The Hall–Kier alpha value is -2.93. The number of phenolic OH excluding ortho intramolecular Hbond substituents is 1. The van der Waals surface area contributed by atoms with Gasteiger partial charge in [0.2, 0.25) is 0 Å². The number of phenols is 1. The number of hydrogen-bond acceptors (Lipinski definition) is 3. The van der Waals surface area contributed by atoms with E-state index in [0.29, 0.717) is 11.4 Å². The van der Waals surface area contributed by atoms with Gasteiger partial charge in [-0.05, 0) is 37.1 Å². The Morgan fingerprint density at radius 2 is 1.93 bits per heavy atom. The lowest BCUT2D eigenvalue weighted by atomic mass is 9.92. The van der Waals surface area contributed by atoms with Crippen LogP contribution in [0.2, 0.25) is 5.02 Å². The second-order valence-corrected chi connectivity index (χ2v) is 7.18. The average Bonchev–Trinajstić information content (AvgIpc) is 2.95. The molecule has 2 aromatic carbocycles. The van der Waals surface area contributed by atoms with Crippen LogP contribution in [0, 0.1) is 18.6 Å². The number of fused-ring (bicyclic) bond motifs is 1. The van der Waals surface area contributed by atoms with E-state index in [2.05, 4.69) is 0 Å². The van der Waals surface area contributed by atoms with Crippen molar-refractivity contribution in [2.45, 2.75) is 32.6 Å². The fourth-order valence-electron chi connectivity index (χ4n) is 3.63. The van der Waals surface area contributed by atoms with Crippen molar-refractivity contribution in [2.75, 3.05) is 0 Å². The van der Waals surface area contributed by atoms with Crippen LogP contribution in [0.15, 0.2) is 30.3 Å². The van der Waals surface area contributed by atoms with Gasteiger partial charge in [-0.3, -0.25) is 14.2 Å². The summed E-state index contributed by atoms with van der Waals surface area (Å²) < 4.78 is 30.1. The molecule has 3 rings (SSSR count). The Kier molecular flexibility index (Phi) is 5.61. The molecule has 8 heteroatoms. The van der Waals surface area contributed by atoms with E-state index in [9.17, 15) is 28.6 Å². The molecule has 0 fully saturated rings. The average molecular weight is 422 g/mol. The first-order chi connectivity index (χ1) is 13.7. The first kappa shape index (κ1) is 20.8. The highest BCUT2D eigenvalue weighted by atomic mass is 35.5.